The third kappa shape index (κ3) is 2.03. The van der Waals surface area contributed by atoms with Gasteiger partial charge in [0.25, 0.3) is 0 Å². The van der Waals surface area contributed by atoms with Gasteiger partial charge in [0, 0.05) is 31.3 Å². The van der Waals surface area contributed by atoms with Gasteiger partial charge in [0.1, 0.15) is 0 Å². The molecule has 0 unspecified atom stereocenters. The van der Waals surface area contributed by atoms with E-state index >= 15 is 0 Å². The van der Waals surface area contributed by atoms with E-state index in [9.17, 15) is 4.79 Å². The first-order valence-corrected chi connectivity index (χ1v) is 7.27. The van der Waals surface area contributed by atoms with Crippen molar-refractivity contribution in [2.75, 3.05) is 20.3 Å². The zero-order valence-electron chi connectivity index (χ0n) is 11.6. The molecule has 0 aromatic heterocycles. The van der Waals surface area contributed by atoms with Gasteiger partial charge < -0.3 is 15.4 Å². The molecule has 1 aromatic carbocycles. The SMILES string of the molecule is COCCN1Cc2ccc(Cl)cc2C2(CC(N)C2)C1=O. The summed E-state index contributed by atoms with van der Waals surface area (Å²) >= 11 is 6.11. The number of methoxy groups -OCH3 is 1. The Balaban J connectivity index is 1.99. The Morgan fingerprint density at radius 2 is 2.25 bits per heavy atom. The first-order chi connectivity index (χ1) is 9.56. The molecule has 1 aliphatic heterocycles. The molecule has 1 fully saturated rings. The molecule has 0 saturated heterocycles. The second kappa shape index (κ2) is 5.02. The second-order valence-corrected chi connectivity index (χ2v) is 6.21. The molecule has 1 aromatic rings. The summed E-state index contributed by atoms with van der Waals surface area (Å²) in [5.74, 6) is 0.172. The average molecular weight is 295 g/mol. The predicted molar refractivity (Wildman–Crippen MR) is 77.6 cm³/mol. The summed E-state index contributed by atoms with van der Waals surface area (Å²) in [6.45, 7) is 1.80. The zero-order chi connectivity index (χ0) is 14.3. The zero-order valence-corrected chi connectivity index (χ0v) is 12.3. The maximum absolute atomic E-state index is 12.8. The topological polar surface area (TPSA) is 55.6 Å². The lowest BCUT2D eigenvalue weighted by Gasteiger charge is -2.51. The number of fused-ring (bicyclic) bond motifs is 2. The molecule has 1 amide bonds. The van der Waals surface area contributed by atoms with E-state index < -0.39 is 5.41 Å². The molecule has 2 N–H and O–H groups in total. The number of rotatable bonds is 3. The van der Waals surface area contributed by atoms with Gasteiger partial charge in [-0.15, -0.1) is 0 Å². The molecular weight excluding hydrogens is 276 g/mol. The van der Waals surface area contributed by atoms with E-state index in [0.29, 0.717) is 37.6 Å². The second-order valence-electron chi connectivity index (χ2n) is 5.77. The summed E-state index contributed by atoms with van der Waals surface area (Å²) < 4.78 is 5.10. The highest BCUT2D eigenvalue weighted by Crippen LogP contribution is 2.49. The van der Waals surface area contributed by atoms with Gasteiger partial charge in [-0.05, 0) is 36.1 Å². The van der Waals surface area contributed by atoms with E-state index in [2.05, 4.69) is 0 Å². The molecule has 1 saturated carbocycles. The van der Waals surface area contributed by atoms with Crippen molar-refractivity contribution in [1.29, 1.82) is 0 Å². The van der Waals surface area contributed by atoms with Crippen molar-refractivity contribution >= 4 is 17.5 Å². The van der Waals surface area contributed by atoms with E-state index in [1.54, 1.807) is 7.11 Å². The summed E-state index contributed by atoms with van der Waals surface area (Å²) in [7, 11) is 1.65. The van der Waals surface area contributed by atoms with Crippen LogP contribution in [0.2, 0.25) is 5.02 Å². The van der Waals surface area contributed by atoms with Crippen LogP contribution in [0.3, 0.4) is 0 Å². The minimum atomic E-state index is -0.453. The molecule has 1 heterocycles. The predicted octanol–water partition coefficient (Wildman–Crippen LogP) is 1.69. The fourth-order valence-corrected chi connectivity index (χ4v) is 3.61. The summed E-state index contributed by atoms with van der Waals surface area (Å²) in [6.07, 6.45) is 1.42. The van der Waals surface area contributed by atoms with E-state index in [-0.39, 0.29) is 11.9 Å². The molecule has 1 spiro atoms. The van der Waals surface area contributed by atoms with Crippen LogP contribution in [0.5, 0.6) is 0 Å². The van der Waals surface area contributed by atoms with Crippen molar-refractivity contribution in [2.24, 2.45) is 5.73 Å². The Hall–Kier alpha value is -1.10. The molecule has 5 heteroatoms. The number of ether oxygens (including phenoxy) is 1. The fourth-order valence-electron chi connectivity index (χ4n) is 3.44. The Bertz CT molecular complexity index is 541. The number of benzene rings is 1. The lowest BCUT2D eigenvalue weighted by molar-refractivity contribution is -0.144. The number of nitrogens with zero attached hydrogens (tertiary/aromatic N) is 1. The molecular formula is C15H19ClN2O2. The minimum Gasteiger partial charge on any atom is -0.383 e. The molecule has 3 rings (SSSR count). The van der Waals surface area contributed by atoms with Crippen LogP contribution in [-0.2, 0) is 21.5 Å². The molecule has 20 heavy (non-hydrogen) atoms. The van der Waals surface area contributed by atoms with Crippen molar-refractivity contribution in [3.05, 3.63) is 34.3 Å². The largest absolute Gasteiger partial charge is 0.383 e. The van der Waals surface area contributed by atoms with Gasteiger partial charge >= 0.3 is 0 Å². The average Bonchev–Trinajstić information content (AvgIpc) is 2.39. The third-order valence-electron chi connectivity index (χ3n) is 4.43. The minimum absolute atomic E-state index is 0.105. The summed E-state index contributed by atoms with van der Waals surface area (Å²) in [5, 5.41) is 0.682. The highest BCUT2D eigenvalue weighted by Gasteiger charge is 2.54. The van der Waals surface area contributed by atoms with Crippen LogP contribution >= 0.6 is 11.6 Å². The molecule has 0 radical (unpaired) electrons. The Labute approximate surface area is 123 Å². The van der Waals surface area contributed by atoms with Gasteiger partial charge in [-0.1, -0.05) is 17.7 Å². The van der Waals surface area contributed by atoms with Crippen LogP contribution in [0.15, 0.2) is 18.2 Å². The van der Waals surface area contributed by atoms with Gasteiger partial charge in [0.15, 0.2) is 0 Å². The number of hydrogen-bond acceptors (Lipinski definition) is 3. The third-order valence-corrected chi connectivity index (χ3v) is 4.67. The Kier molecular flexibility index (Phi) is 3.48. The van der Waals surface area contributed by atoms with Crippen LogP contribution in [0.25, 0.3) is 0 Å². The standard InChI is InChI=1S/C15H19ClN2O2/c1-20-5-4-18-9-10-2-3-11(16)6-13(10)15(14(18)19)7-12(17)8-15/h2-3,6,12H,4-5,7-9,17H2,1H3. The van der Waals surface area contributed by atoms with Gasteiger partial charge in [0.2, 0.25) is 5.91 Å². The smallest absolute Gasteiger partial charge is 0.233 e. The number of amides is 1. The van der Waals surface area contributed by atoms with Crippen molar-refractivity contribution in [1.82, 2.24) is 4.90 Å². The maximum Gasteiger partial charge on any atom is 0.233 e. The Morgan fingerprint density at radius 3 is 2.90 bits per heavy atom. The fraction of sp³-hybridized carbons (Fsp3) is 0.533. The number of carbonyl (C=O) groups is 1. The lowest BCUT2D eigenvalue weighted by atomic mass is 9.58. The van der Waals surface area contributed by atoms with Gasteiger partial charge in [-0.25, -0.2) is 0 Å². The molecule has 2 aliphatic rings. The maximum atomic E-state index is 12.8. The van der Waals surface area contributed by atoms with Crippen molar-refractivity contribution in [3.8, 4) is 0 Å². The van der Waals surface area contributed by atoms with Crippen molar-refractivity contribution in [3.63, 3.8) is 0 Å². The summed E-state index contributed by atoms with van der Waals surface area (Å²) in [4.78, 5) is 14.7. The monoisotopic (exact) mass is 294 g/mol. The van der Waals surface area contributed by atoms with Crippen LogP contribution in [-0.4, -0.2) is 37.1 Å². The molecule has 108 valence electrons. The van der Waals surface area contributed by atoms with Gasteiger partial charge in [-0.3, -0.25) is 4.79 Å². The first-order valence-electron chi connectivity index (χ1n) is 6.89. The van der Waals surface area contributed by atoms with Crippen LogP contribution in [0, 0.1) is 0 Å². The normalized spacial score (nSPS) is 28.4. The highest BCUT2D eigenvalue weighted by molar-refractivity contribution is 6.30. The first kappa shape index (κ1) is 13.9. The number of halogens is 1. The molecule has 0 atom stereocenters. The van der Waals surface area contributed by atoms with Crippen molar-refractivity contribution < 1.29 is 9.53 Å². The van der Waals surface area contributed by atoms with Crippen LogP contribution in [0.1, 0.15) is 24.0 Å². The van der Waals surface area contributed by atoms with E-state index in [1.807, 2.05) is 23.1 Å². The Morgan fingerprint density at radius 1 is 1.50 bits per heavy atom. The number of nitrogens with two attached hydrogens (primary N) is 1. The quantitative estimate of drug-likeness (QED) is 0.923. The molecule has 1 aliphatic carbocycles. The number of carbonyl (C=O) groups excluding carboxylic acids is 1. The number of hydrogen-bond donors (Lipinski definition) is 1. The van der Waals surface area contributed by atoms with Gasteiger partial charge in [0.05, 0.1) is 12.0 Å². The van der Waals surface area contributed by atoms with Crippen molar-refractivity contribution in [2.45, 2.75) is 30.8 Å². The summed E-state index contributed by atoms with van der Waals surface area (Å²) in [6, 6.07) is 5.95. The highest BCUT2D eigenvalue weighted by atomic mass is 35.5. The van der Waals surface area contributed by atoms with Gasteiger partial charge in [-0.2, -0.15) is 0 Å². The molecule has 0 bridgehead atoms. The van der Waals surface area contributed by atoms with E-state index in [4.69, 9.17) is 22.1 Å². The summed E-state index contributed by atoms with van der Waals surface area (Å²) in [5.41, 5.74) is 7.76. The van der Waals surface area contributed by atoms with E-state index in [0.717, 1.165) is 5.56 Å². The lowest BCUT2D eigenvalue weighted by Crippen LogP contribution is -2.61. The van der Waals surface area contributed by atoms with E-state index in [1.165, 1.54) is 5.56 Å². The van der Waals surface area contributed by atoms with Crippen LogP contribution in [0.4, 0.5) is 0 Å². The van der Waals surface area contributed by atoms with Crippen LogP contribution < -0.4 is 5.73 Å². The molecule has 4 nitrogen and oxygen atoms in total.